The molecular weight excluding hydrogens is 271 g/mol. The van der Waals surface area contributed by atoms with Crippen LogP contribution in [-0.2, 0) is 4.79 Å². The van der Waals surface area contributed by atoms with E-state index in [1.54, 1.807) is 0 Å². The molecule has 0 rings (SSSR count). The summed E-state index contributed by atoms with van der Waals surface area (Å²) in [6.45, 7) is 8.02. The average Bonchev–Trinajstić information content (AvgIpc) is 1.99. The van der Waals surface area contributed by atoms with Gasteiger partial charge >= 0.3 is 5.97 Å². The van der Waals surface area contributed by atoms with Crippen LogP contribution in [0, 0.1) is 11.3 Å². The quantitative estimate of drug-likeness (QED) is 0.790. The summed E-state index contributed by atoms with van der Waals surface area (Å²) in [7, 11) is 0. The zero-order valence-corrected chi connectivity index (χ0v) is 11.9. The van der Waals surface area contributed by atoms with E-state index >= 15 is 0 Å². The first-order chi connectivity index (χ1) is 5.42. The van der Waals surface area contributed by atoms with Crippen molar-refractivity contribution in [3.63, 3.8) is 0 Å². The number of carboxylic acids is 1. The fourth-order valence-electron chi connectivity index (χ4n) is 1.04. The molecule has 0 spiro atoms. The van der Waals surface area contributed by atoms with Gasteiger partial charge in [-0.25, -0.2) is 0 Å². The molecule has 0 aliphatic heterocycles. The van der Waals surface area contributed by atoms with Gasteiger partial charge in [-0.15, -0.1) is 0 Å². The number of hydrogen-bond donors (Lipinski definition) is 1. The third-order valence-electron chi connectivity index (χ3n) is 2.57. The Kier molecular flexibility index (Phi) is 8.08. The Balaban J connectivity index is 0. The van der Waals surface area contributed by atoms with Gasteiger partial charge in [-0.05, 0) is 32.1 Å². The molecule has 0 saturated heterocycles. The summed E-state index contributed by atoms with van der Waals surface area (Å²) >= 11 is 0. The van der Waals surface area contributed by atoms with Crippen molar-refractivity contribution in [2.24, 2.45) is 11.3 Å². The van der Waals surface area contributed by atoms with Gasteiger partial charge in [0.15, 0.2) is 0 Å². The molecule has 0 fully saturated rings. The SMILES string of the molecule is CCC(C)(CCC(C)C)C(=O)O.[Sn]. The van der Waals surface area contributed by atoms with Crippen LogP contribution in [0.1, 0.15) is 47.0 Å². The van der Waals surface area contributed by atoms with Gasteiger partial charge in [0.1, 0.15) is 0 Å². The molecule has 3 heteroatoms. The molecule has 4 radical (unpaired) electrons. The van der Waals surface area contributed by atoms with E-state index in [-0.39, 0.29) is 23.9 Å². The maximum Gasteiger partial charge on any atom is 0.309 e. The van der Waals surface area contributed by atoms with E-state index < -0.39 is 11.4 Å². The van der Waals surface area contributed by atoms with Gasteiger partial charge in [0.2, 0.25) is 0 Å². The number of rotatable bonds is 5. The molecule has 0 aromatic rings. The monoisotopic (exact) mass is 292 g/mol. The number of hydrogen-bond acceptors (Lipinski definition) is 1. The van der Waals surface area contributed by atoms with Crippen LogP contribution in [0.15, 0.2) is 0 Å². The van der Waals surface area contributed by atoms with E-state index in [1.165, 1.54) is 0 Å². The van der Waals surface area contributed by atoms with E-state index in [0.29, 0.717) is 5.92 Å². The molecule has 0 heterocycles. The molecule has 0 aromatic carbocycles. The van der Waals surface area contributed by atoms with Gasteiger partial charge in [0.25, 0.3) is 0 Å². The van der Waals surface area contributed by atoms with E-state index in [9.17, 15) is 4.79 Å². The van der Waals surface area contributed by atoms with Crippen LogP contribution in [0.3, 0.4) is 0 Å². The largest absolute Gasteiger partial charge is 0.481 e. The molecule has 0 bridgehead atoms. The van der Waals surface area contributed by atoms with Crippen molar-refractivity contribution in [2.45, 2.75) is 47.0 Å². The minimum atomic E-state index is -0.661. The second kappa shape index (κ2) is 6.68. The van der Waals surface area contributed by atoms with Crippen molar-refractivity contribution in [1.82, 2.24) is 0 Å². The minimum absolute atomic E-state index is 0. The van der Waals surface area contributed by atoms with Crippen molar-refractivity contribution in [2.75, 3.05) is 0 Å². The first-order valence-corrected chi connectivity index (χ1v) is 4.65. The van der Waals surface area contributed by atoms with Crippen LogP contribution in [0.2, 0.25) is 0 Å². The minimum Gasteiger partial charge on any atom is -0.481 e. The van der Waals surface area contributed by atoms with Crippen LogP contribution >= 0.6 is 0 Å². The average molecular weight is 291 g/mol. The Morgan fingerprint density at radius 3 is 2.15 bits per heavy atom. The van der Waals surface area contributed by atoms with Crippen LogP contribution in [-0.4, -0.2) is 35.0 Å². The third-order valence-corrected chi connectivity index (χ3v) is 2.57. The van der Waals surface area contributed by atoms with Crippen molar-refractivity contribution in [3.05, 3.63) is 0 Å². The Morgan fingerprint density at radius 1 is 1.46 bits per heavy atom. The molecule has 1 N–H and O–H groups in total. The molecule has 13 heavy (non-hydrogen) atoms. The maximum absolute atomic E-state index is 10.9. The number of carboxylic acid groups (broad SMARTS) is 1. The molecule has 1 unspecified atom stereocenters. The second-order valence-electron chi connectivity index (χ2n) is 4.15. The molecule has 0 aromatic heterocycles. The maximum atomic E-state index is 10.9. The van der Waals surface area contributed by atoms with Crippen LogP contribution < -0.4 is 0 Å². The van der Waals surface area contributed by atoms with E-state index in [2.05, 4.69) is 13.8 Å². The Labute approximate surface area is 98.1 Å². The summed E-state index contributed by atoms with van der Waals surface area (Å²) in [6, 6.07) is 0. The third kappa shape index (κ3) is 5.55. The van der Waals surface area contributed by atoms with Crippen molar-refractivity contribution < 1.29 is 9.90 Å². The Bertz CT molecular complexity index is 157. The molecule has 1 atom stereocenters. The normalized spacial score (nSPS) is 14.8. The molecule has 0 aliphatic carbocycles. The summed E-state index contributed by atoms with van der Waals surface area (Å²) in [5.74, 6) is -0.0686. The number of aliphatic carboxylic acids is 1. The standard InChI is InChI=1S/C10H20O2.Sn/c1-5-10(4,9(11)12)7-6-8(2)3;/h8H,5-7H2,1-4H3,(H,11,12);. The van der Waals surface area contributed by atoms with E-state index in [4.69, 9.17) is 5.11 Å². The van der Waals surface area contributed by atoms with Crippen molar-refractivity contribution in [3.8, 4) is 0 Å². The van der Waals surface area contributed by atoms with E-state index in [1.807, 2.05) is 13.8 Å². The zero-order valence-electron chi connectivity index (χ0n) is 9.05. The molecule has 0 saturated carbocycles. The summed E-state index contributed by atoms with van der Waals surface area (Å²) in [6.07, 6.45) is 2.50. The topological polar surface area (TPSA) is 37.3 Å². The summed E-state index contributed by atoms with van der Waals surface area (Å²) < 4.78 is 0. The van der Waals surface area contributed by atoms with Gasteiger partial charge in [-0.2, -0.15) is 0 Å². The predicted octanol–water partition coefficient (Wildman–Crippen LogP) is 2.54. The van der Waals surface area contributed by atoms with Gasteiger partial charge in [-0.3, -0.25) is 4.79 Å². The molecule has 0 amide bonds. The molecular formula is C10H20O2Sn. The first-order valence-electron chi connectivity index (χ1n) is 4.65. The smallest absolute Gasteiger partial charge is 0.309 e. The van der Waals surface area contributed by atoms with Crippen molar-refractivity contribution >= 4 is 29.9 Å². The van der Waals surface area contributed by atoms with Gasteiger partial charge in [0, 0.05) is 23.9 Å². The van der Waals surface area contributed by atoms with Gasteiger partial charge in [-0.1, -0.05) is 20.8 Å². The molecule has 76 valence electrons. The summed E-state index contributed by atoms with van der Waals surface area (Å²) in [4.78, 5) is 10.9. The molecule has 0 aliphatic rings. The van der Waals surface area contributed by atoms with Crippen LogP contribution in [0.25, 0.3) is 0 Å². The Hall–Kier alpha value is 0.269. The van der Waals surface area contributed by atoms with Gasteiger partial charge < -0.3 is 5.11 Å². The molecule has 2 nitrogen and oxygen atoms in total. The summed E-state index contributed by atoms with van der Waals surface area (Å²) in [5.41, 5.74) is -0.510. The second-order valence-corrected chi connectivity index (χ2v) is 4.15. The number of carbonyl (C=O) groups is 1. The first kappa shape index (κ1) is 15.7. The van der Waals surface area contributed by atoms with Crippen LogP contribution in [0.4, 0.5) is 0 Å². The summed E-state index contributed by atoms with van der Waals surface area (Å²) in [5, 5.41) is 8.95. The van der Waals surface area contributed by atoms with E-state index in [0.717, 1.165) is 19.3 Å². The van der Waals surface area contributed by atoms with Crippen LogP contribution in [0.5, 0.6) is 0 Å². The zero-order chi connectivity index (χ0) is 9.78. The predicted molar refractivity (Wildman–Crippen MR) is 55.9 cm³/mol. The van der Waals surface area contributed by atoms with Crippen molar-refractivity contribution in [1.29, 1.82) is 0 Å². The fourth-order valence-corrected chi connectivity index (χ4v) is 1.04. The Morgan fingerprint density at radius 2 is 1.92 bits per heavy atom. The van der Waals surface area contributed by atoms with Gasteiger partial charge in [0.05, 0.1) is 5.41 Å². The fraction of sp³-hybridized carbons (Fsp3) is 0.900.